The predicted octanol–water partition coefficient (Wildman–Crippen LogP) is 2.89. The van der Waals surface area contributed by atoms with Gasteiger partial charge in [-0.15, -0.1) is 0 Å². The highest BCUT2D eigenvalue weighted by atomic mass is 16.1. The van der Waals surface area contributed by atoms with Gasteiger partial charge >= 0.3 is 0 Å². The number of piperidine rings is 1. The fraction of sp³-hybridized carbons (Fsp3) is 0.381. The fourth-order valence-electron chi connectivity index (χ4n) is 3.74. The van der Waals surface area contributed by atoms with Crippen LogP contribution in [0.1, 0.15) is 42.6 Å². The van der Waals surface area contributed by atoms with Gasteiger partial charge < -0.3 is 20.9 Å². The van der Waals surface area contributed by atoms with E-state index in [9.17, 15) is 4.79 Å². The molecule has 1 aromatic carbocycles. The second-order valence-electron chi connectivity index (χ2n) is 7.56. The standard InChI is InChI=1S/C21H24N6O/c1-12(2)25-19-16(21(28)26-14-5-7-23-8-6-14)11-24-18-15-4-3-13(10-22)9-17(15)27-20(18)19/h3-4,9,11-12,14,23,27H,5-8H2,1-2H3,(H,24,25)(H,26,28). The number of nitrogens with zero attached hydrogens (tertiary/aromatic N) is 2. The zero-order valence-electron chi connectivity index (χ0n) is 16.1. The SMILES string of the molecule is CC(C)Nc1c(C(=O)NC2CCNCC2)cnc2c1[nH]c1cc(C#N)ccc12. The lowest BCUT2D eigenvalue weighted by molar-refractivity contribution is 0.0930. The van der Waals surface area contributed by atoms with E-state index in [2.05, 4.69) is 32.0 Å². The Hall–Kier alpha value is -3.11. The summed E-state index contributed by atoms with van der Waals surface area (Å²) < 4.78 is 0. The number of nitriles is 1. The van der Waals surface area contributed by atoms with Gasteiger partial charge in [-0.25, -0.2) is 0 Å². The zero-order chi connectivity index (χ0) is 19.7. The van der Waals surface area contributed by atoms with Crippen molar-refractivity contribution in [1.82, 2.24) is 20.6 Å². The van der Waals surface area contributed by atoms with E-state index in [1.54, 1.807) is 12.3 Å². The second kappa shape index (κ2) is 7.49. The molecular weight excluding hydrogens is 352 g/mol. The Morgan fingerprint density at radius 2 is 2.11 bits per heavy atom. The Bertz CT molecular complexity index is 1070. The van der Waals surface area contributed by atoms with Crippen LogP contribution in [-0.2, 0) is 0 Å². The van der Waals surface area contributed by atoms with Gasteiger partial charge in [0.15, 0.2) is 0 Å². The van der Waals surface area contributed by atoms with Crippen LogP contribution in [0.15, 0.2) is 24.4 Å². The van der Waals surface area contributed by atoms with Crippen molar-refractivity contribution >= 4 is 33.5 Å². The summed E-state index contributed by atoms with van der Waals surface area (Å²) >= 11 is 0. The number of aromatic amines is 1. The van der Waals surface area contributed by atoms with Crippen molar-refractivity contribution in [3.05, 3.63) is 35.5 Å². The van der Waals surface area contributed by atoms with Crippen molar-refractivity contribution in [3.8, 4) is 6.07 Å². The second-order valence-corrected chi connectivity index (χ2v) is 7.56. The summed E-state index contributed by atoms with van der Waals surface area (Å²) in [6.45, 7) is 5.92. The molecule has 4 N–H and O–H groups in total. The number of hydrogen-bond donors (Lipinski definition) is 4. The number of nitrogens with one attached hydrogen (secondary N) is 4. The lowest BCUT2D eigenvalue weighted by Gasteiger charge is -2.24. The number of pyridine rings is 1. The van der Waals surface area contributed by atoms with Gasteiger partial charge in [0.2, 0.25) is 0 Å². The van der Waals surface area contributed by atoms with Gasteiger partial charge in [0.1, 0.15) is 0 Å². The number of aromatic nitrogens is 2. The fourth-order valence-corrected chi connectivity index (χ4v) is 3.74. The van der Waals surface area contributed by atoms with Gasteiger partial charge in [-0.05, 0) is 58.0 Å². The smallest absolute Gasteiger partial charge is 0.255 e. The van der Waals surface area contributed by atoms with E-state index >= 15 is 0 Å². The highest BCUT2D eigenvalue weighted by Gasteiger charge is 2.22. The van der Waals surface area contributed by atoms with E-state index in [-0.39, 0.29) is 18.0 Å². The highest BCUT2D eigenvalue weighted by Crippen LogP contribution is 2.32. The summed E-state index contributed by atoms with van der Waals surface area (Å²) in [7, 11) is 0. The first-order chi connectivity index (χ1) is 13.6. The van der Waals surface area contributed by atoms with Crippen LogP contribution in [0, 0.1) is 11.3 Å². The van der Waals surface area contributed by atoms with E-state index in [4.69, 9.17) is 5.26 Å². The van der Waals surface area contributed by atoms with Gasteiger partial charge in [0.25, 0.3) is 5.91 Å². The van der Waals surface area contributed by atoms with E-state index < -0.39 is 0 Å². The summed E-state index contributed by atoms with van der Waals surface area (Å²) in [5.74, 6) is -0.110. The molecule has 1 amide bonds. The molecule has 0 spiro atoms. The van der Waals surface area contributed by atoms with Crippen molar-refractivity contribution in [1.29, 1.82) is 5.26 Å². The Kier molecular flexibility index (Phi) is 4.88. The molecule has 1 aliphatic rings. The summed E-state index contributed by atoms with van der Waals surface area (Å²) in [6.07, 6.45) is 3.50. The molecule has 1 fully saturated rings. The Morgan fingerprint density at radius 3 is 2.82 bits per heavy atom. The first kappa shape index (κ1) is 18.3. The van der Waals surface area contributed by atoms with E-state index in [0.717, 1.165) is 53.6 Å². The lowest BCUT2D eigenvalue weighted by Crippen LogP contribution is -2.43. The largest absolute Gasteiger partial charge is 0.380 e. The molecular formula is C21H24N6O. The summed E-state index contributed by atoms with van der Waals surface area (Å²) in [6, 6.07) is 7.98. The molecule has 0 atom stereocenters. The number of H-pyrrole nitrogens is 1. The summed E-state index contributed by atoms with van der Waals surface area (Å²) in [5, 5.41) is 20.0. The monoisotopic (exact) mass is 376 g/mol. The van der Waals surface area contributed by atoms with Crippen LogP contribution in [0.5, 0.6) is 0 Å². The molecule has 1 aliphatic heterocycles. The average molecular weight is 376 g/mol. The average Bonchev–Trinajstić information content (AvgIpc) is 3.06. The third-order valence-electron chi connectivity index (χ3n) is 5.09. The minimum atomic E-state index is -0.110. The Balaban J connectivity index is 1.80. The molecule has 0 aliphatic carbocycles. The molecule has 0 saturated carbocycles. The van der Waals surface area contributed by atoms with Crippen LogP contribution in [0.3, 0.4) is 0 Å². The molecule has 144 valence electrons. The number of benzene rings is 1. The zero-order valence-corrected chi connectivity index (χ0v) is 16.1. The van der Waals surface area contributed by atoms with Crippen molar-refractivity contribution in [3.63, 3.8) is 0 Å². The van der Waals surface area contributed by atoms with Gasteiger partial charge in [-0.3, -0.25) is 9.78 Å². The topological polar surface area (TPSA) is 106 Å². The molecule has 2 aromatic heterocycles. The number of fused-ring (bicyclic) bond motifs is 3. The molecule has 0 radical (unpaired) electrons. The van der Waals surface area contributed by atoms with Crippen molar-refractivity contribution in [2.24, 2.45) is 0 Å². The third kappa shape index (κ3) is 3.39. The van der Waals surface area contributed by atoms with E-state index in [0.29, 0.717) is 11.1 Å². The van der Waals surface area contributed by atoms with Crippen LogP contribution < -0.4 is 16.0 Å². The molecule has 3 aromatic rings. The maximum absolute atomic E-state index is 13.0. The van der Waals surface area contributed by atoms with E-state index in [1.165, 1.54) is 0 Å². The van der Waals surface area contributed by atoms with Crippen LogP contribution in [0.25, 0.3) is 21.9 Å². The predicted molar refractivity (Wildman–Crippen MR) is 110 cm³/mol. The van der Waals surface area contributed by atoms with Gasteiger partial charge in [0, 0.05) is 29.2 Å². The number of rotatable bonds is 4. The van der Waals surface area contributed by atoms with Crippen LogP contribution in [0.2, 0.25) is 0 Å². The van der Waals surface area contributed by atoms with Crippen molar-refractivity contribution in [2.45, 2.75) is 38.8 Å². The van der Waals surface area contributed by atoms with Crippen LogP contribution in [0.4, 0.5) is 5.69 Å². The molecule has 4 rings (SSSR count). The normalized spacial score (nSPS) is 15.1. The molecule has 28 heavy (non-hydrogen) atoms. The maximum Gasteiger partial charge on any atom is 0.255 e. The molecule has 7 heteroatoms. The Morgan fingerprint density at radius 1 is 1.32 bits per heavy atom. The number of amides is 1. The van der Waals surface area contributed by atoms with Gasteiger partial charge in [0.05, 0.1) is 33.9 Å². The van der Waals surface area contributed by atoms with Gasteiger partial charge in [-0.1, -0.05) is 0 Å². The summed E-state index contributed by atoms with van der Waals surface area (Å²) in [5.41, 5.74) is 4.29. The number of anilines is 1. The van der Waals surface area contributed by atoms with Crippen molar-refractivity contribution < 1.29 is 4.79 Å². The van der Waals surface area contributed by atoms with Crippen molar-refractivity contribution in [2.75, 3.05) is 18.4 Å². The van der Waals surface area contributed by atoms with E-state index in [1.807, 2.05) is 26.0 Å². The van der Waals surface area contributed by atoms with Crippen LogP contribution >= 0.6 is 0 Å². The first-order valence-corrected chi connectivity index (χ1v) is 9.69. The first-order valence-electron chi connectivity index (χ1n) is 9.69. The molecule has 0 unspecified atom stereocenters. The number of hydrogen-bond acceptors (Lipinski definition) is 5. The third-order valence-corrected chi connectivity index (χ3v) is 5.09. The Labute approximate surface area is 163 Å². The maximum atomic E-state index is 13.0. The molecule has 7 nitrogen and oxygen atoms in total. The molecule has 0 bridgehead atoms. The minimum Gasteiger partial charge on any atom is -0.380 e. The lowest BCUT2D eigenvalue weighted by atomic mass is 10.1. The molecule has 1 saturated heterocycles. The summed E-state index contributed by atoms with van der Waals surface area (Å²) in [4.78, 5) is 20.9. The quantitative estimate of drug-likeness (QED) is 0.560. The number of carbonyl (C=O) groups excluding carboxylic acids is 1. The molecule has 3 heterocycles. The van der Waals surface area contributed by atoms with Gasteiger partial charge in [-0.2, -0.15) is 5.26 Å². The minimum absolute atomic E-state index is 0.110. The number of carbonyl (C=O) groups is 1. The highest BCUT2D eigenvalue weighted by molar-refractivity contribution is 6.14. The van der Waals surface area contributed by atoms with Crippen LogP contribution in [-0.4, -0.2) is 41.0 Å².